The van der Waals surface area contributed by atoms with Gasteiger partial charge in [0.05, 0.1) is 25.9 Å². The molecule has 24 heavy (non-hydrogen) atoms. The molecule has 1 aromatic carbocycles. The molecule has 0 saturated carbocycles. The van der Waals surface area contributed by atoms with Gasteiger partial charge in [0.2, 0.25) is 0 Å². The second-order valence-electron chi connectivity index (χ2n) is 6.32. The molecule has 2 unspecified atom stereocenters. The van der Waals surface area contributed by atoms with Crippen LogP contribution in [0, 0.1) is 0 Å². The van der Waals surface area contributed by atoms with Crippen molar-refractivity contribution in [1.29, 1.82) is 0 Å². The lowest BCUT2D eigenvalue weighted by Gasteiger charge is -2.32. The first-order valence-corrected chi connectivity index (χ1v) is 8.74. The standard InChI is InChI=1S/C18H26N2O4/c21-10-12-24-17-13-23-11-7-16(17)19-18(22)14-3-5-15(6-4-14)20-8-1-2-9-20/h3-6,16-17,21H,1-2,7-13H2,(H,19,22). The van der Waals surface area contributed by atoms with Gasteiger partial charge in [0, 0.05) is 30.9 Å². The van der Waals surface area contributed by atoms with E-state index < -0.39 is 0 Å². The molecule has 132 valence electrons. The number of benzene rings is 1. The molecule has 6 heteroatoms. The van der Waals surface area contributed by atoms with Crippen LogP contribution in [0.4, 0.5) is 5.69 Å². The zero-order valence-electron chi connectivity index (χ0n) is 13.9. The number of ether oxygens (including phenoxy) is 2. The number of amides is 1. The van der Waals surface area contributed by atoms with Crippen LogP contribution >= 0.6 is 0 Å². The van der Waals surface area contributed by atoms with Crippen LogP contribution < -0.4 is 10.2 Å². The van der Waals surface area contributed by atoms with Crippen LogP contribution in [0.15, 0.2) is 24.3 Å². The summed E-state index contributed by atoms with van der Waals surface area (Å²) in [5, 5.41) is 11.9. The minimum Gasteiger partial charge on any atom is -0.394 e. The summed E-state index contributed by atoms with van der Waals surface area (Å²) in [4.78, 5) is 14.8. The molecule has 0 bridgehead atoms. The van der Waals surface area contributed by atoms with E-state index in [1.807, 2.05) is 24.3 Å². The second kappa shape index (κ2) is 8.46. The lowest BCUT2D eigenvalue weighted by atomic mass is 10.0. The van der Waals surface area contributed by atoms with E-state index in [2.05, 4.69) is 10.2 Å². The van der Waals surface area contributed by atoms with Gasteiger partial charge < -0.3 is 24.8 Å². The van der Waals surface area contributed by atoms with Crippen molar-refractivity contribution in [3.8, 4) is 0 Å². The predicted molar refractivity (Wildman–Crippen MR) is 91.4 cm³/mol. The van der Waals surface area contributed by atoms with Crippen LogP contribution in [-0.4, -0.2) is 62.7 Å². The smallest absolute Gasteiger partial charge is 0.251 e. The second-order valence-corrected chi connectivity index (χ2v) is 6.32. The first kappa shape index (κ1) is 17.2. The Balaban J connectivity index is 1.58. The molecule has 0 radical (unpaired) electrons. The summed E-state index contributed by atoms with van der Waals surface area (Å²) in [6.07, 6.45) is 2.98. The molecular formula is C18H26N2O4. The SMILES string of the molecule is O=C(NC1CCOCC1OCCO)c1ccc(N2CCCC2)cc1. The minimum atomic E-state index is -0.210. The quantitative estimate of drug-likeness (QED) is 0.817. The van der Waals surface area contributed by atoms with E-state index in [-0.39, 0.29) is 31.3 Å². The van der Waals surface area contributed by atoms with Crippen LogP contribution in [0.5, 0.6) is 0 Å². The minimum absolute atomic E-state index is 0.0326. The highest BCUT2D eigenvalue weighted by molar-refractivity contribution is 5.94. The Hall–Kier alpha value is -1.63. The van der Waals surface area contributed by atoms with Crippen LogP contribution in [0.25, 0.3) is 0 Å². The van der Waals surface area contributed by atoms with Crippen LogP contribution in [0.1, 0.15) is 29.6 Å². The summed E-state index contributed by atoms with van der Waals surface area (Å²) >= 11 is 0. The molecular weight excluding hydrogens is 308 g/mol. The molecule has 2 aliphatic heterocycles. The van der Waals surface area contributed by atoms with Gasteiger partial charge in [-0.05, 0) is 43.5 Å². The Kier molecular flexibility index (Phi) is 6.07. The number of carbonyl (C=O) groups is 1. The van der Waals surface area contributed by atoms with Crippen molar-refractivity contribution in [3.05, 3.63) is 29.8 Å². The number of hydrogen-bond acceptors (Lipinski definition) is 5. The Bertz CT molecular complexity index is 528. The third-order valence-corrected chi connectivity index (χ3v) is 4.64. The number of anilines is 1. The highest BCUT2D eigenvalue weighted by Crippen LogP contribution is 2.20. The molecule has 2 atom stereocenters. The van der Waals surface area contributed by atoms with Gasteiger partial charge in [-0.25, -0.2) is 0 Å². The van der Waals surface area contributed by atoms with Crippen molar-refractivity contribution in [2.45, 2.75) is 31.4 Å². The van der Waals surface area contributed by atoms with Crippen LogP contribution in [-0.2, 0) is 9.47 Å². The maximum Gasteiger partial charge on any atom is 0.251 e. The summed E-state index contributed by atoms with van der Waals surface area (Å²) in [6.45, 7) is 3.46. The molecule has 0 spiro atoms. The zero-order chi connectivity index (χ0) is 16.8. The maximum atomic E-state index is 12.5. The van der Waals surface area contributed by atoms with Crippen molar-refractivity contribution < 1.29 is 19.4 Å². The fourth-order valence-electron chi connectivity index (χ4n) is 3.30. The number of nitrogens with zero attached hydrogens (tertiary/aromatic N) is 1. The van der Waals surface area contributed by atoms with Gasteiger partial charge in [-0.1, -0.05) is 0 Å². The van der Waals surface area contributed by atoms with E-state index in [9.17, 15) is 4.79 Å². The molecule has 2 fully saturated rings. The Morgan fingerprint density at radius 1 is 1.29 bits per heavy atom. The van der Waals surface area contributed by atoms with E-state index in [1.165, 1.54) is 18.5 Å². The van der Waals surface area contributed by atoms with E-state index in [0.717, 1.165) is 13.1 Å². The molecule has 3 rings (SSSR count). The number of carbonyl (C=O) groups excluding carboxylic acids is 1. The molecule has 2 aliphatic rings. The van der Waals surface area contributed by atoms with Gasteiger partial charge in [0.15, 0.2) is 0 Å². The third-order valence-electron chi connectivity index (χ3n) is 4.64. The fourth-order valence-corrected chi connectivity index (χ4v) is 3.30. The number of hydrogen-bond donors (Lipinski definition) is 2. The summed E-state index contributed by atoms with van der Waals surface area (Å²) < 4.78 is 11.0. The average molecular weight is 334 g/mol. The van der Waals surface area contributed by atoms with E-state index in [0.29, 0.717) is 25.2 Å². The zero-order valence-corrected chi connectivity index (χ0v) is 13.9. The topological polar surface area (TPSA) is 71.0 Å². The molecule has 1 aromatic rings. The molecule has 0 aromatic heterocycles. The normalized spacial score (nSPS) is 24.1. The van der Waals surface area contributed by atoms with Crippen LogP contribution in [0.3, 0.4) is 0 Å². The maximum absolute atomic E-state index is 12.5. The average Bonchev–Trinajstić information content (AvgIpc) is 3.16. The van der Waals surface area contributed by atoms with E-state index in [1.54, 1.807) is 0 Å². The number of aliphatic hydroxyl groups is 1. The fraction of sp³-hybridized carbons (Fsp3) is 0.611. The molecule has 6 nitrogen and oxygen atoms in total. The highest BCUT2D eigenvalue weighted by Gasteiger charge is 2.28. The largest absolute Gasteiger partial charge is 0.394 e. The van der Waals surface area contributed by atoms with E-state index >= 15 is 0 Å². The molecule has 1 amide bonds. The predicted octanol–water partition coefficient (Wildman–Crippen LogP) is 1.18. The molecule has 2 heterocycles. The van der Waals surface area contributed by atoms with Gasteiger partial charge in [-0.15, -0.1) is 0 Å². The lowest BCUT2D eigenvalue weighted by Crippen LogP contribution is -2.50. The van der Waals surface area contributed by atoms with Crippen molar-refractivity contribution in [2.24, 2.45) is 0 Å². The summed E-state index contributed by atoms with van der Waals surface area (Å²) in [5.74, 6) is -0.0903. The van der Waals surface area contributed by atoms with Crippen LogP contribution in [0.2, 0.25) is 0 Å². The summed E-state index contributed by atoms with van der Waals surface area (Å²) in [5.41, 5.74) is 1.84. The van der Waals surface area contributed by atoms with Gasteiger partial charge >= 0.3 is 0 Å². The third kappa shape index (κ3) is 4.26. The Labute approximate surface area is 142 Å². The van der Waals surface area contributed by atoms with E-state index in [4.69, 9.17) is 14.6 Å². The molecule has 2 saturated heterocycles. The van der Waals surface area contributed by atoms with Gasteiger partial charge in [-0.2, -0.15) is 0 Å². The number of nitrogens with one attached hydrogen (secondary N) is 1. The number of rotatable bonds is 6. The number of aliphatic hydroxyl groups excluding tert-OH is 1. The highest BCUT2D eigenvalue weighted by atomic mass is 16.5. The van der Waals surface area contributed by atoms with Crippen molar-refractivity contribution in [1.82, 2.24) is 5.32 Å². The monoisotopic (exact) mass is 334 g/mol. The Morgan fingerprint density at radius 3 is 2.75 bits per heavy atom. The van der Waals surface area contributed by atoms with Crippen molar-refractivity contribution in [2.75, 3.05) is 44.4 Å². The van der Waals surface area contributed by atoms with Gasteiger partial charge in [0.25, 0.3) is 5.91 Å². The molecule has 2 N–H and O–H groups in total. The van der Waals surface area contributed by atoms with Gasteiger partial charge in [0.1, 0.15) is 6.10 Å². The van der Waals surface area contributed by atoms with Gasteiger partial charge in [-0.3, -0.25) is 4.79 Å². The summed E-state index contributed by atoms with van der Waals surface area (Å²) in [6, 6.07) is 7.71. The first-order chi connectivity index (χ1) is 11.8. The van der Waals surface area contributed by atoms with Crippen molar-refractivity contribution in [3.63, 3.8) is 0 Å². The summed E-state index contributed by atoms with van der Waals surface area (Å²) in [7, 11) is 0. The lowest BCUT2D eigenvalue weighted by molar-refractivity contribution is -0.0737. The first-order valence-electron chi connectivity index (χ1n) is 8.74. The van der Waals surface area contributed by atoms with Crippen molar-refractivity contribution >= 4 is 11.6 Å². The Morgan fingerprint density at radius 2 is 2.04 bits per heavy atom. The molecule has 0 aliphatic carbocycles.